The fraction of sp³-hybridized carbons (Fsp3) is 0.562. The summed E-state index contributed by atoms with van der Waals surface area (Å²) in [4.78, 5) is 14.0. The van der Waals surface area contributed by atoms with Crippen molar-refractivity contribution in [2.45, 2.75) is 39.3 Å². The first-order chi connectivity index (χ1) is 9.72. The number of likely N-dealkylation sites (N-methyl/N-ethyl adjacent to an activating group) is 1. The van der Waals surface area contributed by atoms with Crippen LogP contribution in [0.2, 0.25) is 0 Å². The van der Waals surface area contributed by atoms with Crippen LogP contribution in [0.15, 0.2) is 27.1 Å². The first kappa shape index (κ1) is 18.7. The van der Waals surface area contributed by atoms with Crippen LogP contribution in [0, 0.1) is 5.92 Å². The lowest BCUT2D eigenvalue weighted by Crippen LogP contribution is -2.45. The topological polar surface area (TPSA) is 32.3 Å². The van der Waals surface area contributed by atoms with Gasteiger partial charge in [-0.05, 0) is 37.0 Å². The second-order valence-electron chi connectivity index (χ2n) is 5.97. The zero-order chi connectivity index (χ0) is 16.2. The van der Waals surface area contributed by atoms with Crippen LogP contribution in [0.1, 0.15) is 38.8 Å². The van der Waals surface area contributed by atoms with Crippen LogP contribution in [-0.2, 0) is 4.79 Å². The highest BCUT2D eigenvalue weighted by Gasteiger charge is 2.24. The van der Waals surface area contributed by atoms with E-state index < -0.39 is 0 Å². The fourth-order valence-electron chi connectivity index (χ4n) is 2.27. The third-order valence-corrected chi connectivity index (χ3v) is 4.51. The van der Waals surface area contributed by atoms with Crippen molar-refractivity contribution in [3.05, 3.63) is 32.7 Å². The van der Waals surface area contributed by atoms with E-state index in [0.717, 1.165) is 20.9 Å². The summed E-state index contributed by atoms with van der Waals surface area (Å²) < 4.78 is 2.07. The number of nitrogens with zero attached hydrogens (tertiary/aromatic N) is 1. The molecular weight excluding hydrogens is 396 g/mol. The van der Waals surface area contributed by atoms with E-state index in [9.17, 15) is 4.79 Å². The minimum atomic E-state index is -0.162. The molecule has 0 heterocycles. The molecule has 3 nitrogen and oxygen atoms in total. The Morgan fingerprint density at radius 2 is 1.86 bits per heavy atom. The molecule has 0 saturated carbocycles. The second-order valence-corrected chi connectivity index (χ2v) is 7.74. The first-order valence-electron chi connectivity index (χ1n) is 7.14. The molecular formula is C16H24Br2N2O. The first-order valence-corrected chi connectivity index (χ1v) is 8.73. The Bertz CT molecular complexity index is 489. The summed E-state index contributed by atoms with van der Waals surface area (Å²) in [7, 11) is 3.61. The highest BCUT2D eigenvalue weighted by Crippen LogP contribution is 2.27. The number of carbonyl (C=O) groups excluding carboxylic acids is 1. The van der Waals surface area contributed by atoms with Gasteiger partial charge in [0.1, 0.15) is 0 Å². The molecule has 21 heavy (non-hydrogen) atoms. The largest absolute Gasteiger partial charge is 0.347 e. The van der Waals surface area contributed by atoms with E-state index in [1.807, 2.05) is 12.1 Å². The van der Waals surface area contributed by atoms with Crippen molar-refractivity contribution in [3.8, 4) is 0 Å². The van der Waals surface area contributed by atoms with Gasteiger partial charge in [0.25, 0.3) is 0 Å². The summed E-state index contributed by atoms with van der Waals surface area (Å²) >= 11 is 7.05. The average Bonchev–Trinajstić information content (AvgIpc) is 2.36. The van der Waals surface area contributed by atoms with Crippen molar-refractivity contribution in [3.63, 3.8) is 0 Å². The third kappa shape index (κ3) is 5.72. The maximum Gasteiger partial charge on any atom is 0.239 e. The van der Waals surface area contributed by atoms with Crippen LogP contribution < -0.4 is 5.32 Å². The molecule has 0 saturated heterocycles. The van der Waals surface area contributed by atoms with Crippen molar-refractivity contribution in [2.75, 3.05) is 14.1 Å². The smallest absolute Gasteiger partial charge is 0.239 e. The highest BCUT2D eigenvalue weighted by atomic mass is 79.9. The molecule has 1 N–H and O–H groups in total. The SMILES string of the molecule is CC(C)CC(NC(C)c1ccc(Br)cc1Br)C(=O)N(C)C. The van der Waals surface area contributed by atoms with Crippen molar-refractivity contribution < 1.29 is 4.79 Å². The minimum absolute atomic E-state index is 0.0973. The standard InChI is InChI=1S/C16H24Br2N2O/c1-10(2)8-15(16(21)20(4)5)19-11(3)13-7-6-12(17)9-14(13)18/h6-7,9-11,15,19H,8H2,1-5H3. The molecule has 0 bridgehead atoms. The number of carbonyl (C=O) groups is 1. The molecule has 1 amide bonds. The summed E-state index contributed by atoms with van der Waals surface area (Å²) in [5, 5.41) is 3.47. The number of amides is 1. The van der Waals surface area contributed by atoms with Crippen LogP contribution in [0.5, 0.6) is 0 Å². The molecule has 2 unspecified atom stereocenters. The molecule has 0 aliphatic heterocycles. The van der Waals surface area contributed by atoms with Gasteiger partial charge in [-0.25, -0.2) is 0 Å². The van der Waals surface area contributed by atoms with Crippen molar-refractivity contribution >= 4 is 37.8 Å². The molecule has 0 fully saturated rings. The van der Waals surface area contributed by atoms with Gasteiger partial charge in [-0.3, -0.25) is 10.1 Å². The number of rotatable bonds is 6. The van der Waals surface area contributed by atoms with E-state index in [4.69, 9.17) is 0 Å². The monoisotopic (exact) mass is 418 g/mol. The number of hydrogen-bond donors (Lipinski definition) is 1. The van der Waals surface area contributed by atoms with Crippen molar-refractivity contribution in [1.29, 1.82) is 0 Å². The summed E-state index contributed by atoms with van der Waals surface area (Å²) in [6, 6.07) is 6.05. The van der Waals surface area contributed by atoms with Crippen LogP contribution in [0.3, 0.4) is 0 Å². The highest BCUT2D eigenvalue weighted by molar-refractivity contribution is 9.11. The molecule has 0 radical (unpaired) electrons. The predicted octanol–water partition coefficient (Wildman–Crippen LogP) is 4.37. The summed E-state index contributed by atoms with van der Waals surface area (Å²) in [6.07, 6.45) is 0.829. The molecule has 0 aliphatic carbocycles. The zero-order valence-corrected chi connectivity index (χ0v) is 16.5. The molecule has 0 aliphatic rings. The molecule has 1 aromatic rings. The summed E-state index contributed by atoms with van der Waals surface area (Å²) in [5.74, 6) is 0.593. The van der Waals surface area contributed by atoms with Crippen LogP contribution in [-0.4, -0.2) is 30.9 Å². The Kier molecular flexibility index (Phi) is 7.37. The number of halogens is 2. The number of benzene rings is 1. The Morgan fingerprint density at radius 3 is 2.33 bits per heavy atom. The van der Waals surface area contributed by atoms with Gasteiger partial charge in [0.15, 0.2) is 0 Å². The molecule has 1 rings (SSSR count). The van der Waals surface area contributed by atoms with Gasteiger partial charge in [-0.2, -0.15) is 0 Å². The average molecular weight is 420 g/mol. The van der Waals surface area contributed by atoms with E-state index in [0.29, 0.717) is 5.92 Å². The molecule has 2 atom stereocenters. The molecule has 1 aromatic carbocycles. The summed E-state index contributed by atoms with van der Waals surface area (Å²) in [5.41, 5.74) is 1.15. The van der Waals surface area contributed by atoms with Gasteiger partial charge in [0, 0.05) is 29.1 Å². The number of nitrogens with one attached hydrogen (secondary N) is 1. The lowest BCUT2D eigenvalue weighted by atomic mass is 10.0. The van der Waals surface area contributed by atoms with Crippen molar-refractivity contribution in [2.24, 2.45) is 5.92 Å². The fourth-order valence-corrected chi connectivity index (χ4v) is 3.66. The van der Waals surface area contributed by atoms with Crippen LogP contribution >= 0.6 is 31.9 Å². The van der Waals surface area contributed by atoms with E-state index in [-0.39, 0.29) is 18.0 Å². The van der Waals surface area contributed by atoms with Crippen molar-refractivity contribution in [1.82, 2.24) is 10.2 Å². The van der Waals surface area contributed by atoms with E-state index >= 15 is 0 Å². The Morgan fingerprint density at radius 1 is 1.24 bits per heavy atom. The minimum Gasteiger partial charge on any atom is -0.347 e. The molecule has 0 aromatic heterocycles. The maximum absolute atomic E-state index is 12.3. The van der Waals surface area contributed by atoms with E-state index in [1.54, 1.807) is 19.0 Å². The Balaban J connectivity index is 2.89. The Hall–Kier alpha value is -0.390. The molecule has 5 heteroatoms. The van der Waals surface area contributed by atoms with Gasteiger partial charge >= 0.3 is 0 Å². The second kappa shape index (κ2) is 8.30. The van der Waals surface area contributed by atoms with Crippen LogP contribution in [0.25, 0.3) is 0 Å². The predicted molar refractivity (Wildman–Crippen MR) is 95.3 cm³/mol. The van der Waals surface area contributed by atoms with Gasteiger partial charge in [-0.15, -0.1) is 0 Å². The lowest BCUT2D eigenvalue weighted by Gasteiger charge is -2.27. The zero-order valence-electron chi connectivity index (χ0n) is 13.3. The third-order valence-electron chi connectivity index (χ3n) is 3.33. The van der Waals surface area contributed by atoms with Gasteiger partial charge in [0.05, 0.1) is 6.04 Å². The van der Waals surface area contributed by atoms with Gasteiger partial charge in [0.2, 0.25) is 5.91 Å². The number of hydrogen-bond acceptors (Lipinski definition) is 2. The Labute approximate surface area is 144 Å². The van der Waals surface area contributed by atoms with E-state index in [2.05, 4.69) is 64.0 Å². The molecule has 118 valence electrons. The summed E-state index contributed by atoms with van der Waals surface area (Å²) in [6.45, 7) is 6.36. The van der Waals surface area contributed by atoms with Gasteiger partial charge < -0.3 is 4.90 Å². The van der Waals surface area contributed by atoms with E-state index in [1.165, 1.54) is 0 Å². The quantitative estimate of drug-likeness (QED) is 0.742. The maximum atomic E-state index is 12.3. The van der Waals surface area contributed by atoms with Gasteiger partial charge in [-0.1, -0.05) is 51.8 Å². The normalized spacial score (nSPS) is 14.1. The lowest BCUT2D eigenvalue weighted by molar-refractivity contribution is -0.131. The van der Waals surface area contributed by atoms with Crippen LogP contribution in [0.4, 0.5) is 0 Å². The molecule has 0 spiro atoms.